The van der Waals surface area contributed by atoms with Crippen molar-refractivity contribution in [1.29, 1.82) is 0 Å². The van der Waals surface area contributed by atoms with Crippen LogP contribution in [-0.2, 0) is 0 Å². The van der Waals surface area contributed by atoms with Crippen LogP contribution in [0.3, 0.4) is 0 Å². The number of hydrogen-bond acceptors (Lipinski definition) is 4. The van der Waals surface area contributed by atoms with Gasteiger partial charge in [0, 0.05) is 43.6 Å². The number of carbonyl (C=O) groups excluding carboxylic acids is 1. The molecule has 1 amide bonds. The van der Waals surface area contributed by atoms with E-state index in [0.717, 1.165) is 42.6 Å². The lowest BCUT2D eigenvalue weighted by atomic mass is 10.1. The molecule has 1 aromatic carbocycles. The van der Waals surface area contributed by atoms with E-state index in [-0.39, 0.29) is 24.7 Å². The van der Waals surface area contributed by atoms with Crippen molar-refractivity contribution in [2.24, 2.45) is 0 Å². The van der Waals surface area contributed by atoms with E-state index in [9.17, 15) is 9.90 Å². The van der Waals surface area contributed by atoms with E-state index in [4.69, 9.17) is 4.74 Å². The van der Waals surface area contributed by atoms with Crippen molar-refractivity contribution >= 4 is 16.8 Å². The minimum atomic E-state index is -0.104. The average Bonchev–Trinajstić information content (AvgIpc) is 3.04. The summed E-state index contributed by atoms with van der Waals surface area (Å²) in [7, 11) is 1.78. The SMILES string of the molecule is CC(C)N1CCC(Oc2ccc3c(c2)cc2n3C(CO)CN(C)C2=O)CC1. The number of benzene rings is 1. The third kappa shape index (κ3) is 3.32. The summed E-state index contributed by atoms with van der Waals surface area (Å²) in [6, 6.07) is 8.43. The Balaban J connectivity index is 1.56. The number of aliphatic hydroxyl groups excluding tert-OH is 1. The van der Waals surface area contributed by atoms with Crippen LogP contribution in [0.25, 0.3) is 10.9 Å². The maximum atomic E-state index is 12.5. The molecule has 0 spiro atoms. The van der Waals surface area contributed by atoms with Crippen LogP contribution < -0.4 is 4.74 Å². The number of aliphatic hydroxyl groups is 1. The Morgan fingerprint density at radius 2 is 1.96 bits per heavy atom. The first-order valence-corrected chi connectivity index (χ1v) is 9.90. The molecular formula is C21H29N3O3. The lowest BCUT2D eigenvalue weighted by Gasteiger charge is -2.34. The van der Waals surface area contributed by atoms with E-state index in [2.05, 4.69) is 18.7 Å². The van der Waals surface area contributed by atoms with Gasteiger partial charge in [0.05, 0.1) is 12.6 Å². The first-order valence-electron chi connectivity index (χ1n) is 9.90. The second-order valence-corrected chi connectivity index (χ2v) is 8.09. The van der Waals surface area contributed by atoms with Crippen molar-refractivity contribution < 1.29 is 14.6 Å². The molecular weight excluding hydrogens is 342 g/mol. The summed E-state index contributed by atoms with van der Waals surface area (Å²) < 4.78 is 8.22. The van der Waals surface area contributed by atoms with Crippen LogP contribution >= 0.6 is 0 Å². The van der Waals surface area contributed by atoms with Gasteiger partial charge in [-0.2, -0.15) is 0 Å². The molecule has 2 aliphatic rings. The molecule has 1 saturated heterocycles. The fourth-order valence-corrected chi connectivity index (χ4v) is 4.36. The van der Waals surface area contributed by atoms with Crippen molar-refractivity contribution in [2.45, 2.75) is 44.9 Å². The number of aromatic nitrogens is 1. The van der Waals surface area contributed by atoms with Gasteiger partial charge in [0.1, 0.15) is 17.5 Å². The lowest BCUT2D eigenvalue weighted by molar-refractivity contribution is 0.0684. The molecule has 27 heavy (non-hydrogen) atoms. The highest BCUT2D eigenvalue weighted by molar-refractivity contribution is 5.99. The monoisotopic (exact) mass is 371 g/mol. The van der Waals surface area contributed by atoms with Gasteiger partial charge in [-0.3, -0.25) is 4.79 Å². The van der Waals surface area contributed by atoms with E-state index in [1.54, 1.807) is 11.9 Å². The zero-order chi connectivity index (χ0) is 19.1. The highest BCUT2D eigenvalue weighted by Gasteiger charge is 2.30. The van der Waals surface area contributed by atoms with Crippen LogP contribution in [-0.4, -0.2) is 70.8 Å². The fourth-order valence-electron chi connectivity index (χ4n) is 4.36. The zero-order valence-corrected chi connectivity index (χ0v) is 16.4. The second kappa shape index (κ2) is 7.17. The average molecular weight is 371 g/mol. The minimum Gasteiger partial charge on any atom is -0.490 e. The molecule has 1 unspecified atom stereocenters. The van der Waals surface area contributed by atoms with Crippen LogP contribution in [0, 0.1) is 0 Å². The van der Waals surface area contributed by atoms with Crippen LogP contribution in [0.2, 0.25) is 0 Å². The van der Waals surface area contributed by atoms with Crippen molar-refractivity contribution in [3.8, 4) is 5.75 Å². The second-order valence-electron chi connectivity index (χ2n) is 8.09. The van der Waals surface area contributed by atoms with E-state index in [1.807, 2.05) is 28.8 Å². The van der Waals surface area contributed by atoms with Crippen LogP contribution in [0.5, 0.6) is 5.75 Å². The molecule has 0 bridgehead atoms. The van der Waals surface area contributed by atoms with E-state index >= 15 is 0 Å². The van der Waals surface area contributed by atoms with Crippen LogP contribution in [0.4, 0.5) is 0 Å². The largest absolute Gasteiger partial charge is 0.490 e. The number of rotatable bonds is 4. The Morgan fingerprint density at radius 1 is 1.22 bits per heavy atom. The van der Waals surface area contributed by atoms with E-state index in [0.29, 0.717) is 18.3 Å². The molecule has 146 valence electrons. The summed E-state index contributed by atoms with van der Waals surface area (Å²) in [6.07, 6.45) is 2.32. The molecule has 4 rings (SSSR count). The van der Waals surface area contributed by atoms with Gasteiger partial charge in [0.25, 0.3) is 5.91 Å². The van der Waals surface area contributed by atoms with Gasteiger partial charge >= 0.3 is 0 Å². The topological polar surface area (TPSA) is 57.9 Å². The van der Waals surface area contributed by atoms with E-state index < -0.39 is 0 Å². The lowest BCUT2D eigenvalue weighted by Crippen LogP contribution is -2.41. The van der Waals surface area contributed by atoms with Crippen molar-refractivity contribution in [3.63, 3.8) is 0 Å². The molecule has 0 aliphatic carbocycles. The maximum Gasteiger partial charge on any atom is 0.270 e. The molecule has 2 aromatic rings. The Labute approximate surface area is 160 Å². The first kappa shape index (κ1) is 18.3. The predicted octanol–water partition coefficient (Wildman–Crippen LogP) is 2.51. The highest BCUT2D eigenvalue weighted by atomic mass is 16.5. The number of likely N-dealkylation sites (tertiary alicyclic amines) is 1. The molecule has 6 heteroatoms. The molecule has 1 aromatic heterocycles. The standard InChI is InChI=1S/C21H29N3O3/c1-14(2)23-8-6-17(7-9-23)27-18-4-5-19-15(10-18)11-20-21(26)22(3)12-16(13-25)24(19)20/h4-5,10-11,14,16-17,25H,6-9,12-13H2,1-3H3. The highest BCUT2D eigenvalue weighted by Crippen LogP contribution is 2.32. The van der Waals surface area contributed by atoms with Gasteiger partial charge in [0.2, 0.25) is 0 Å². The number of piperidine rings is 1. The Bertz CT molecular complexity index is 837. The number of hydrogen-bond donors (Lipinski definition) is 1. The third-order valence-electron chi connectivity index (χ3n) is 5.95. The van der Waals surface area contributed by atoms with Gasteiger partial charge in [-0.15, -0.1) is 0 Å². The Kier molecular flexibility index (Phi) is 4.86. The smallest absolute Gasteiger partial charge is 0.270 e. The quantitative estimate of drug-likeness (QED) is 0.897. The molecule has 1 N–H and O–H groups in total. The number of amides is 1. The first-order chi connectivity index (χ1) is 13.0. The number of likely N-dealkylation sites (N-methyl/N-ethyl adjacent to an activating group) is 1. The summed E-state index contributed by atoms with van der Waals surface area (Å²) in [5.74, 6) is 0.856. The fraction of sp³-hybridized carbons (Fsp3) is 0.571. The molecule has 1 atom stereocenters. The number of ether oxygens (including phenoxy) is 1. The molecule has 0 saturated carbocycles. The van der Waals surface area contributed by atoms with Gasteiger partial charge < -0.3 is 24.2 Å². The number of carbonyl (C=O) groups is 1. The molecule has 1 fully saturated rings. The van der Waals surface area contributed by atoms with Gasteiger partial charge in [-0.05, 0) is 51.0 Å². The summed E-state index contributed by atoms with van der Waals surface area (Å²) in [6.45, 7) is 7.17. The summed E-state index contributed by atoms with van der Waals surface area (Å²) in [4.78, 5) is 16.7. The molecule has 6 nitrogen and oxygen atoms in total. The summed E-state index contributed by atoms with van der Waals surface area (Å²) in [5.41, 5.74) is 1.62. The van der Waals surface area contributed by atoms with Gasteiger partial charge in [-0.25, -0.2) is 0 Å². The van der Waals surface area contributed by atoms with Crippen molar-refractivity contribution in [1.82, 2.24) is 14.4 Å². The normalized spacial score (nSPS) is 21.9. The van der Waals surface area contributed by atoms with Gasteiger partial charge in [-0.1, -0.05) is 0 Å². The zero-order valence-electron chi connectivity index (χ0n) is 16.4. The Hall–Kier alpha value is -2.05. The number of fused-ring (bicyclic) bond motifs is 3. The van der Waals surface area contributed by atoms with Crippen LogP contribution in [0.15, 0.2) is 24.3 Å². The third-order valence-corrected chi connectivity index (χ3v) is 5.95. The Morgan fingerprint density at radius 3 is 2.63 bits per heavy atom. The molecule has 3 heterocycles. The molecule has 0 radical (unpaired) electrons. The van der Waals surface area contributed by atoms with E-state index in [1.165, 1.54) is 0 Å². The summed E-state index contributed by atoms with van der Waals surface area (Å²) >= 11 is 0. The maximum absolute atomic E-state index is 12.5. The van der Waals surface area contributed by atoms with Gasteiger partial charge in [0.15, 0.2) is 0 Å². The molecule has 2 aliphatic heterocycles. The minimum absolute atomic E-state index is 0.000532. The van der Waals surface area contributed by atoms with Crippen molar-refractivity contribution in [3.05, 3.63) is 30.0 Å². The van der Waals surface area contributed by atoms with Crippen molar-refractivity contribution in [2.75, 3.05) is 33.3 Å². The summed E-state index contributed by atoms with van der Waals surface area (Å²) in [5, 5.41) is 10.8. The number of nitrogens with zero attached hydrogens (tertiary/aromatic N) is 3. The predicted molar refractivity (Wildman–Crippen MR) is 105 cm³/mol. The van der Waals surface area contributed by atoms with Crippen LogP contribution in [0.1, 0.15) is 43.2 Å².